The summed E-state index contributed by atoms with van der Waals surface area (Å²) in [6.07, 6.45) is 2.81. The van der Waals surface area contributed by atoms with Crippen molar-refractivity contribution < 1.29 is 33.6 Å². The maximum absolute atomic E-state index is 10.7. The molecule has 25 heavy (non-hydrogen) atoms. The zero-order valence-electron chi connectivity index (χ0n) is 14.1. The third-order valence-electron chi connectivity index (χ3n) is 4.40. The van der Waals surface area contributed by atoms with Gasteiger partial charge in [0.1, 0.15) is 19.0 Å². The molecule has 1 fully saturated rings. The average Bonchev–Trinajstić information content (AvgIpc) is 2.93. The van der Waals surface area contributed by atoms with E-state index in [4.69, 9.17) is 28.8 Å². The zero-order chi connectivity index (χ0) is 17.8. The van der Waals surface area contributed by atoms with E-state index in [2.05, 4.69) is 6.58 Å². The number of hydrogen-bond acceptors (Lipinski definition) is 6. The standard InChI is InChI=1S/C18H22O7/c1-3-5-11-14(23-10-21-2)8-15-17(11)24-13-7-4-6-12(18(13)25-15)22-9-16(19)20/h3-4,6-7,11,14-15,17H,1,5,8-10H2,2H3,(H,19,20)/t11-,14+,15-,17+/m1/s1. The normalized spacial score (nSPS) is 26.8. The highest BCUT2D eigenvalue weighted by Crippen LogP contribution is 2.47. The molecule has 7 heteroatoms. The number of carboxylic acids is 1. The lowest BCUT2D eigenvalue weighted by Crippen LogP contribution is -2.39. The zero-order valence-corrected chi connectivity index (χ0v) is 14.1. The van der Waals surface area contributed by atoms with Gasteiger partial charge in [-0.05, 0) is 18.6 Å². The number of para-hydroxylation sites is 1. The number of benzene rings is 1. The van der Waals surface area contributed by atoms with Crippen LogP contribution in [0.4, 0.5) is 0 Å². The molecule has 1 aromatic rings. The van der Waals surface area contributed by atoms with Crippen molar-refractivity contribution in [2.24, 2.45) is 5.92 Å². The van der Waals surface area contributed by atoms with Gasteiger partial charge < -0.3 is 28.8 Å². The third-order valence-corrected chi connectivity index (χ3v) is 4.40. The SMILES string of the molecule is C=CC[C@H]1[C@@H]2Oc3cccc(OCC(=O)O)c3O[C@@H]2C[C@@H]1OCOC. The first-order valence-corrected chi connectivity index (χ1v) is 8.16. The molecular formula is C18H22O7. The molecule has 4 atom stereocenters. The molecule has 0 spiro atoms. The largest absolute Gasteiger partial charge is 0.482 e. The Labute approximate surface area is 146 Å². The number of aliphatic carboxylic acids is 1. The van der Waals surface area contributed by atoms with Crippen molar-refractivity contribution in [3.63, 3.8) is 0 Å². The van der Waals surface area contributed by atoms with Crippen LogP contribution in [0.25, 0.3) is 0 Å². The Hall–Kier alpha value is -2.25. The summed E-state index contributed by atoms with van der Waals surface area (Å²) >= 11 is 0. The number of methoxy groups -OCH3 is 1. The molecule has 0 aromatic heterocycles. The number of carbonyl (C=O) groups is 1. The molecular weight excluding hydrogens is 328 g/mol. The van der Waals surface area contributed by atoms with Gasteiger partial charge >= 0.3 is 5.97 Å². The van der Waals surface area contributed by atoms with Gasteiger partial charge in [0.25, 0.3) is 0 Å². The van der Waals surface area contributed by atoms with Gasteiger partial charge in [-0.15, -0.1) is 6.58 Å². The van der Waals surface area contributed by atoms with Crippen molar-refractivity contribution in [3.8, 4) is 17.2 Å². The fourth-order valence-corrected chi connectivity index (χ4v) is 3.38. The number of allylic oxidation sites excluding steroid dienone is 1. The molecule has 0 amide bonds. The van der Waals surface area contributed by atoms with Crippen LogP contribution < -0.4 is 14.2 Å². The number of hydrogen-bond donors (Lipinski definition) is 1. The van der Waals surface area contributed by atoms with Crippen molar-refractivity contribution >= 4 is 5.97 Å². The number of carboxylic acid groups (broad SMARTS) is 1. The first-order chi connectivity index (χ1) is 12.1. The van der Waals surface area contributed by atoms with Gasteiger partial charge in [-0.2, -0.15) is 0 Å². The Morgan fingerprint density at radius 1 is 1.44 bits per heavy atom. The van der Waals surface area contributed by atoms with E-state index >= 15 is 0 Å². The predicted octanol–water partition coefficient (Wildman–Crippen LogP) is 2.24. The molecule has 7 nitrogen and oxygen atoms in total. The van der Waals surface area contributed by atoms with E-state index in [1.54, 1.807) is 25.3 Å². The Kier molecular flexibility index (Phi) is 5.45. The summed E-state index contributed by atoms with van der Waals surface area (Å²) in [5.41, 5.74) is 0. The quantitative estimate of drug-likeness (QED) is 0.568. The molecule has 0 radical (unpaired) electrons. The van der Waals surface area contributed by atoms with Gasteiger partial charge in [0.2, 0.25) is 5.75 Å². The maximum Gasteiger partial charge on any atom is 0.341 e. The maximum atomic E-state index is 10.7. The number of ether oxygens (including phenoxy) is 5. The minimum Gasteiger partial charge on any atom is -0.482 e. The molecule has 1 saturated carbocycles. The van der Waals surface area contributed by atoms with Crippen LogP contribution in [0.15, 0.2) is 30.9 Å². The van der Waals surface area contributed by atoms with Gasteiger partial charge in [-0.3, -0.25) is 0 Å². The summed E-state index contributed by atoms with van der Waals surface area (Å²) in [5.74, 6) is 0.404. The molecule has 1 heterocycles. The highest BCUT2D eigenvalue weighted by atomic mass is 16.7. The molecule has 1 aliphatic heterocycles. The van der Waals surface area contributed by atoms with Crippen LogP contribution >= 0.6 is 0 Å². The summed E-state index contributed by atoms with van der Waals surface area (Å²) in [7, 11) is 1.58. The van der Waals surface area contributed by atoms with Crippen LogP contribution in [-0.4, -0.2) is 49.9 Å². The second-order valence-electron chi connectivity index (χ2n) is 6.04. The van der Waals surface area contributed by atoms with Gasteiger partial charge in [-0.1, -0.05) is 12.1 Å². The van der Waals surface area contributed by atoms with Gasteiger partial charge in [0.15, 0.2) is 18.1 Å². The molecule has 1 N–H and O–H groups in total. The molecule has 0 unspecified atom stereocenters. The second-order valence-corrected chi connectivity index (χ2v) is 6.04. The van der Waals surface area contributed by atoms with Gasteiger partial charge in [0.05, 0.1) is 6.10 Å². The number of fused-ring (bicyclic) bond motifs is 2. The molecule has 136 valence electrons. The van der Waals surface area contributed by atoms with Crippen molar-refractivity contribution in [3.05, 3.63) is 30.9 Å². The van der Waals surface area contributed by atoms with Crippen LogP contribution in [0, 0.1) is 5.92 Å². The van der Waals surface area contributed by atoms with E-state index in [1.165, 1.54) is 0 Å². The molecule has 2 aliphatic rings. The number of rotatable bonds is 8. The molecule has 1 aliphatic carbocycles. The highest BCUT2D eigenvalue weighted by Gasteiger charge is 2.49. The topological polar surface area (TPSA) is 83.5 Å². The van der Waals surface area contributed by atoms with Crippen LogP contribution in [0.1, 0.15) is 12.8 Å². The Bertz CT molecular complexity index is 630. The fraction of sp³-hybridized carbons (Fsp3) is 0.500. The Morgan fingerprint density at radius 3 is 3.00 bits per heavy atom. The highest BCUT2D eigenvalue weighted by molar-refractivity contribution is 5.68. The van der Waals surface area contributed by atoms with Crippen LogP contribution in [0.2, 0.25) is 0 Å². The summed E-state index contributed by atoms with van der Waals surface area (Å²) in [5, 5.41) is 8.81. The van der Waals surface area contributed by atoms with E-state index in [0.29, 0.717) is 23.7 Å². The Balaban J connectivity index is 1.80. The lowest BCUT2D eigenvalue weighted by atomic mass is 9.98. The molecule has 0 saturated heterocycles. The van der Waals surface area contributed by atoms with Gasteiger partial charge in [-0.25, -0.2) is 4.79 Å². The van der Waals surface area contributed by atoms with E-state index in [1.807, 2.05) is 6.08 Å². The molecule has 1 aromatic carbocycles. The molecule has 0 bridgehead atoms. The van der Waals surface area contributed by atoms with Crippen molar-refractivity contribution in [2.45, 2.75) is 31.2 Å². The minimum atomic E-state index is -1.05. The first kappa shape index (κ1) is 17.6. The van der Waals surface area contributed by atoms with Crippen LogP contribution in [-0.2, 0) is 14.3 Å². The van der Waals surface area contributed by atoms with Crippen LogP contribution in [0.3, 0.4) is 0 Å². The summed E-state index contributed by atoms with van der Waals surface area (Å²) in [4.78, 5) is 10.7. The van der Waals surface area contributed by atoms with Crippen molar-refractivity contribution in [2.75, 3.05) is 20.5 Å². The summed E-state index contributed by atoms with van der Waals surface area (Å²) < 4.78 is 28.4. The van der Waals surface area contributed by atoms with Crippen LogP contribution in [0.5, 0.6) is 17.2 Å². The second kappa shape index (κ2) is 7.76. The van der Waals surface area contributed by atoms with E-state index in [9.17, 15) is 4.79 Å². The van der Waals surface area contributed by atoms with Crippen molar-refractivity contribution in [1.29, 1.82) is 0 Å². The predicted molar refractivity (Wildman–Crippen MR) is 88.1 cm³/mol. The van der Waals surface area contributed by atoms with Crippen molar-refractivity contribution in [1.82, 2.24) is 0 Å². The van der Waals surface area contributed by atoms with Gasteiger partial charge in [0, 0.05) is 19.4 Å². The molecule has 3 rings (SSSR count). The van der Waals surface area contributed by atoms with E-state index in [-0.39, 0.29) is 31.0 Å². The van der Waals surface area contributed by atoms with E-state index in [0.717, 1.165) is 6.42 Å². The monoisotopic (exact) mass is 350 g/mol. The smallest absolute Gasteiger partial charge is 0.341 e. The lowest BCUT2D eigenvalue weighted by Gasteiger charge is -2.33. The summed E-state index contributed by atoms with van der Waals surface area (Å²) in [6, 6.07) is 5.20. The first-order valence-electron chi connectivity index (χ1n) is 8.16. The lowest BCUT2D eigenvalue weighted by molar-refractivity contribution is -0.139. The summed E-state index contributed by atoms with van der Waals surface area (Å²) in [6.45, 7) is 3.59. The minimum absolute atomic E-state index is 0.0642. The average molecular weight is 350 g/mol. The Morgan fingerprint density at radius 2 is 2.28 bits per heavy atom. The fourth-order valence-electron chi connectivity index (χ4n) is 3.38. The third kappa shape index (κ3) is 3.72. The van der Waals surface area contributed by atoms with E-state index < -0.39 is 12.6 Å².